The van der Waals surface area contributed by atoms with Crippen LogP contribution in [0.3, 0.4) is 0 Å². The molecule has 0 spiro atoms. The van der Waals surface area contributed by atoms with Crippen molar-refractivity contribution in [3.8, 4) is 0 Å². The summed E-state index contributed by atoms with van der Waals surface area (Å²) in [6.07, 6.45) is 1.41. The van der Waals surface area contributed by atoms with Crippen LogP contribution in [0.4, 0.5) is 0 Å². The van der Waals surface area contributed by atoms with Crippen molar-refractivity contribution < 1.29 is 4.79 Å². The van der Waals surface area contributed by atoms with Gasteiger partial charge >= 0.3 is 0 Å². The van der Waals surface area contributed by atoms with Crippen molar-refractivity contribution in [1.82, 2.24) is 0 Å². The van der Waals surface area contributed by atoms with E-state index < -0.39 is 0 Å². The zero-order valence-electron chi connectivity index (χ0n) is 8.65. The van der Waals surface area contributed by atoms with Crippen LogP contribution in [-0.4, -0.2) is 5.78 Å². The van der Waals surface area contributed by atoms with Gasteiger partial charge in [-0.15, -0.1) is 0 Å². The molecule has 0 unspecified atom stereocenters. The Balaban J connectivity index is 1.95. The normalized spacial score (nSPS) is 10.3. The number of aryl methyl sites for hydroxylation is 1. The van der Waals surface area contributed by atoms with Gasteiger partial charge in [0.15, 0.2) is 5.78 Å². The number of ketones is 1. The van der Waals surface area contributed by atoms with Gasteiger partial charge < -0.3 is 0 Å². The molecule has 2 aromatic rings. The molecule has 0 aliphatic carbocycles. The van der Waals surface area contributed by atoms with Crippen LogP contribution >= 0.6 is 27.3 Å². The number of hydrogen-bond donors (Lipinski definition) is 0. The maximum atomic E-state index is 11.8. The standard InChI is InChI=1S/C13H11BrOS/c14-12-4-2-11(3-5-12)13(15)6-1-10-7-8-16-9-10/h2-5,7-9H,1,6H2. The summed E-state index contributed by atoms with van der Waals surface area (Å²) in [5.41, 5.74) is 2.04. The van der Waals surface area contributed by atoms with Gasteiger partial charge in [-0.2, -0.15) is 11.3 Å². The molecule has 0 N–H and O–H groups in total. The highest BCUT2D eigenvalue weighted by atomic mass is 79.9. The van der Waals surface area contributed by atoms with Crippen LogP contribution in [0.15, 0.2) is 45.6 Å². The van der Waals surface area contributed by atoms with E-state index in [1.807, 2.05) is 29.6 Å². The molecule has 0 saturated heterocycles. The Morgan fingerprint density at radius 1 is 1.19 bits per heavy atom. The van der Waals surface area contributed by atoms with E-state index in [9.17, 15) is 4.79 Å². The third-order valence-corrected chi connectivity index (χ3v) is 3.65. The second-order valence-corrected chi connectivity index (χ2v) is 5.26. The first-order valence-corrected chi connectivity index (χ1v) is 6.79. The van der Waals surface area contributed by atoms with Crippen molar-refractivity contribution in [2.75, 3.05) is 0 Å². The summed E-state index contributed by atoms with van der Waals surface area (Å²) in [6.45, 7) is 0. The van der Waals surface area contributed by atoms with E-state index in [2.05, 4.69) is 27.4 Å². The molecule has 1 aromatic heterocycles. The molecule has 0 saturated carbocycles. The van der Waals surface area contributed by atoms with E-state index in [1.165, 1.54) is 5.56 Å². The number of thiophene rings is 1. The fourth-order valence-corrected chi connectivity index (χ4v) is 2.44. The first-order chi connectivity index (χ1) is 7.75. The van der Waals surface area contributed by atoms with E-state index in [1.54, 1.807) is 11.3 Å². The predicted molar refractivity (Wildman–Crippen MR) is 71.1 cm³/mol. The number of rotatable bonds is 4. The molecule has 1 aromatic carbocycles. The molecular formula is C13H11BrOS. The van der Waals surface area contributed by atoms with Crippen LogP contribution in [0.5, 0.6) is 0 Å². The topological polar surface area (TPSA) is 17.1 Å². The van der Waals surface area contributed by atoms with Crippen LogP contribution < -0.4 is 0 Å². The minimum Gasteiger partial charge on any atom is -0.294 e. The third-order valence-electron chi connectivity index (χ3n) is 2.39. The van der Waals surface area contributed by atoms with Gasteiger partial charge in [-0.3, -0.25) is 4.79 Å². The third kappa shape index (κ3) is 3.03. The molecule has 0 atom stereocenters. The molecule has 0 radical (unpaired) electrons. The van der Waals surface area contributed by atoms with Gasteiger partial charge in [0, 0.05) is 16.5 Å². The van der Waals surface area contributed by atoms with Crippen molar-refractivity contribution in [3.05, 3.63) is 56.7 Å². The van der Waals surface area contributed by atoms with Crippen LogP contribution in [0.1, 0.15) is 22.3 Å². The smallest absolute Gasteiger partial charge is 0.163 e. The summed E-state index contributed by atoms with van der Waals surface area (Å²) in [7, 11) is 0. The highest BCUT2D eigenvalue weighted by Crippen LogP contribution is 2.14. The predicted octanol–water partition coefficient (Wildman–Crippen LogP) is 4.33. The van der Waals surface area contributed by atoms with Gasteiger partial charge in [-0.05, 0) is 40.9 Å². The number of benzene rings is 1. The Hall–Kier alpha value is -0.930. The largest absolute Gasteiger partial charge is 0.294 e. The first-order valence-electron chi connectivity index (χ1n) is 5.05. The highest BCUT2D eigenvalue weighted by Gasteiger charge is 2.05. The lowest BCUT2D eigenvalue weighted by Crippen LogP contribution is -2.00. The van der Waals surface area contributed by atoms with E-state index in [4.69, 9.17) is 0 Å². The zero-order chi connectivity index (χ0) is 11.4. The number of carbonyl (C=O) groups is 1. The Bertz CT molecular complexity index is 459. The van der Waals surface area contributed by atoms with E-state index in [-0.39, 0.29) is 5.78 Å². The van der Waals surface area contributed by atoms with Gasteiger partial charge in [0.1, 0.15) is 0 Å². The summed E-state index contributed by atoms with van der Waals surface area (Å²) in [6, 6.07) is 9.59. The summed E-state index contributed by atoms with van der Waals surface area (Å²) < 4.78 is 1.00. The molecule has 16 heavy (non-hydrogen) atoms. The summed E-state index contributed by atoms with van der Waals surface area (Å²) >= 11 is 5.03. The van der Waals surface area contributed by atoms with Crippen LogP contribution in [0, 0.1) is 0 Å². The van der Waals surface area contributed by atoms with Gasteiger partial charge in [-0.1, -0.05) is 28.1 Å². The van der Waals surface area contributed by atoms with E-state index >= 15 is 0 Å². The molecule has 0 aliphatic rings. The van der Waals surface area contributed by atoms with E-state index in [0.29, 0.717) is 6.42 Å². The number of halogens is 1. The fraction of sp³-hybridized carbons (Fsp3) is 0.154. The van der Waals surface area contributed by atoms with Crippen molar-refractivity contribution in [1.29, 1.82) is 0 Å². The molecule has 0 bridgehead atoms. The summed E-state index contributed by atoms with van der Waals surface area (Å²) in [4.78, 5) is 11.8. The molecule has 2 rings (SSSR count). The molecular weight excluding hydrogens is 284 g/mol. The molecule has 82 valence electrons. The zero-order valence-corrected chi connectivity index (χ0v) is 11.1. The molecule has 1 heterocycles. The molecule has 1 nitrogen and oxygen atoms in total. The lowest BCUT2D eigenvalue weighted by atomic mass is 10.0. The Kier molecular flexibility index (Phi) is 3.91. The first kappa shape index (κ1) is 11.6. The Morgan fingerprint density at radius 2 is 1.94 bits per heavy atom. The van der Waals surface area contributed by atoms with Crippen molar-refractivity contribution in [2.24, 2.45) is 0 Å². The second kappa shape index (κ2) is 5.41. The molecule has 0 fully saturated rings. The lowest BCUT2D eigenvalue weighted by Gasteiger charge is -2.00. The van der Waals surface area contributed by atoms with Gasteiger partial charge in [-0.25, -0.2) is 0 Å². The van der Waals surface area contributed by atoms with Gasteiger partial charge in [0.05, 0.1) is 0 Å². The van der Waals surface area contributed by atoms with Crippen LogP contribution in [0.25, 0.3) is 0 Å². The fourth-order valence-electron chi connectivity index (χ4n) is 1.47. The van der Waals surface area contributed by atoms with Crippen molar-refractivity contribution >= 4 is 33.0 Å². The minimum absolute atomic E-state index is 0.207. The molecule has 0 amide bonds. The SMILES string of the molecule is O=C(CCc1ccsc1)c1ccc(Br)cc1. The molecule has 0 aliphatic heterocycles. The lowest BCUT2D eigenvalue weighted by molar-refractivity contribution is 0.0983. The second-order valence-electron chi connectivity index (χ2n) is 3.56. The summed E-state index contributed by atoms with van der Waals surface area (Å²) in [5.74, 6) is 0.207. The van der Waals surface area contributed by atoms with Crippen molar-refractivity contribution in [2.45, 2.75) is 12.8 Å². The minimum atomic E-state index is 0.207. The number of hydrogen-bond acceptors (Lipinski definition) is 2. The maximum absolute atomic E-state index is 11.8. The average Bonchev–Trinajstić information content (AvgIpc) is 2.80. The van der Waals surface area contributed by atoms with E-state index in [0.717, 1.165) is 16.5 Å². The Labute approximate surface area is 107 Å². The van der Waals surface area contributed by atoms with Gasteiger partial charge in [0.2, 0.25) is 0 Å². The number of carbonyl (C=O) groups excluding carboxylic acids is 1. The highest BCUT2D eigenvalue weighted by molar-refractivity contribution is 9.10. The monoisotopic (exact) mass is 294 g/mol. The average molecular weight is 295 g/mol. The van der Waals surface area contributed by atoms with Crippen LogP contribution in [-0.2, 0) is 6.42 Å². The van der Waals surface area contributed by atoms with Gasteiger partial charge in [0.25, 0.3) is 0 Å². The molecule has 3 heteroatoms. The summed E-state index contributed by atoms with van der Waals surface area (Å²) in [5, 5.41) is 4.13. The Morgan fingerprint density at radius 3 is 2.56 bits per heavy atom. The van der Waals surface area contributed by atoms with Crippen LogP contribution in [0.2, 0.25) is 0 Å². The number of Topliss-reactive ketones (excluding diaryl/α,β-unsaturated/α-hetero) is 1. The quantitative estimate of drug-likeness (QED) is 0.767. The van der Waals surface area contributed by atoms with Crippen molar-refractivity contribution in [3.63, 3.8) is 0 Å². The maximum Gasteiger partial charge on any atom is 0.163 e.